The number of amides is 1. The van der Waals surface area contributed by atoms with Crippen molar-refractivity contribution in [3.63, 3.8) is 0 Å². The Morgan fingerprint density at radius 2 is 1.92 bits per heavy atom. The van der Waals surface area contributed by atoms with E-state index in [0.717, 1.165) is 5.56 Å². The van der Waals surface area contributed by atoms with Crippen molar-refractivity contribution < 1.29 is 18.7 Å². The number of nitrogens with zero attached hydrogens (tertiary/aromatic N) is 1. The molecule has 1 N–H and O–H groups in total. The van der Waals surface area contributed by atoms with Crippen molar-refractivity contribution in [1.29, 1.82) is 5.26 Å². The third kappa shape index (κ3) is 5.43. The topological polar surface area (TPSA) is 79.2 Å². The molecular weight excluding hydrogens is 323 g/mol. The van der Waals surface area contributed by atoms with Crippen molar-refractivity contribution in [2.45, 2.75) is 18.9 Å². The van der Waals surface area contributed by atoms with Gasteiger partial charge in [-0.15, -0.1) is 0 Å². The van der Waals surface area contributed by atoms with Crippen LogP contribution in [-0.2, 0) is 27.2 Å². The molecule has 1 amide bonds. The molecule has 0 bridgehead atoms. The van der Waals surface area contributed by atoms with Crippen LogP contribution < -0.4 is 5.32 Å². The SMILES string of the molecule is COC(=O)[C@@H](Cc1ccc(C#N)cc1)NC(=O)Cc1cccc(F)c1. The number of methoxy groups -OCH3 is 1. The number of nitriles is 1. The number of nitrogens with one attached hydrogen (secondary N) is 1. The molecule has 0 heterocycles. The number of carbonyl (C=O) groups is 2. The average Bonchev–Trinajstić information content (AvgIpc) is 2.61. The molecule has 0 aliphatic rings. The highest BCUT2D eigenvalue weighted by molar-refractivity contribution is 5.85. The molecule has 1 atom stereocenters. The molecular formula is C19H17FN2O3. The summed E-state index contributed by atoms with van der Waals surface area (Å²) in [5, 5.41) is 11.4. The Hall–Kier alpha value is -3.20. The van der Waals surface area contributed by atoms with Crippen molar-refractivity contribution >= 4 is 11.9 Å². The molecule has 0 aromatic heterocycles. The first-order valence-corrected chi connectivity index (χ1v) is 7.62. The molecule has 0 saturated carbocycles. The van der Waals surface area contributed by atoms with Crippen molar-refractivity contribution in [2.75, 3.05) is 7.11 Å². The van der Waals surface area contributed by atoms with E-state index in [-0.39, 0.29) is 12.8 Å². The Labute approximate surface area is 145 Å². The van der Waals surface area contributed by atoms with Crippen LogP contribution in [0.4, 0.5) is 4.39 Å². The van der Waals surface area contributed by atoms with Crippen LogP contribution in [0.2, 0.25) is 0 Å². The number of carbonyl (C=O) groups excluding carboxylic acids is 2. The lowest BCUT2D eigenvalue weighted by Crippen LogP contribution is -2.43. The van der Waals surface area contributed by atoms with E-state index in [1.54, 1.807) is 30.3 Å². The van der Waals surface area contributed by atoms with Crippen LogP contribution in [-0.4, -0.2) is 25.0 Å². The second kappa shape index (κ2) is 8.60. The molecule has 0 spiro atoms. The monoisotopic (exact) mass is 340 g/mol. The van der Waals surface area contributed by atoms with Crippen LogP contribution in [0.25, 0.3) is 0 Å². The summed E-state index contributed by atoms with van der Waals surface area (Å²) in [6.07, 6.45) is 0.186. The van der Waals surface area contributed by atoms with E-state index in [1.807, 2.05) is 6.07 Å². The third-order valence-electron chi connectivity index (χ3n) is 3.60. The van der Waals surface area contributed by atoms with Gasteiger partial charge in [0.2, 0.25) is 5.91 Å². The predicted octanol–water partition coefficient (Wildman–Crippen LogP) is 2.14. The number of halogens is 1. The zero-order valence-electron chi connectivity index (χ0n) is 13.7. The Balaban J connectivity index is 2.05. The van der Waals surface area contributed by atoms with Gasteiger partial charge in [0.25, 0.3) is 0 Å². The number of ether oxygens (including phenoxy) is 1. The second-order valence-corrected chi connectivity index (χ2v) is 5.46. The Morgan fingerprint density at radius 3 is 2.52 bits per heavy atom. The van der Waals surface area contributed by atoms with E-state index in [4.69, 9.17) is 10.00 Å². The number of benzene rings is 2. The van der Waals surface area contributed by atoms with Crippen LogP contribution in [0.3, 0.4) is 0 Å². The Kier molecular flexibility index (Phi) is 6.24. The molecule has 6 heteroatoms. The minimum atomic E-state index is -0.862. The van der Waals surface area contributed by atoms with Gasteiger partial charge in [-0.1, -0.05) is 24.3 Å². The van der Waals surface area contributed by atoms with Crippen molar-refractivity contribution in [1.82, 2.24) is 5.32 Å². The van der Waals surface area contributed by atoms with E-state index in [2.05, 4.69) is 5.32 Å². The summed E-state index contributed by atoms with van der Waals surface area (Å²) in [6, 6.07) is 13.6. The molecule has 0 aliphatic heterocycles. The van der Waals surface area contributed by atoms with Crippen LogP contribution in [0, 0.1) is 17.1 Å². The molecule has 2 aromatic carbocycles. The van der Waals surface area contributed by atoms with E-state index in [0.29, 0.717) is 11.1 Å². The molecule has 5 nitrogen and oxygen atoms in total. The summed E-state index contributed by atoms with van der Waals surface area (Å²) in [6.45, 7) is 0. The van der Waals surface area contributed by atoms with Crippen molar-refractivity contribution in [2.24, 2.45) is 0 Å². The van der Waals surface area contributed by atoms with Gasteiger partial charge in [0.15, 0.2) is 0 Å². The lowest BCUT2D eigenvalue weighted by Gasteiger charge is -2.17. The van der Waals surface area contributed by atoms with Gasteiger partial charge in [-0.25, -0.2) is 9.18 Å². The largest absolute Gasteiger partial charge is 0.467 e. The van der Waals surface area contributed by atoms with E-state index in [1.165, 1.54) is 25.3 Å². The van der Waals surface area contributed by atoms with Gasteiger partial charge in [0, 0.05) is 6.42 Å². The molecule has 0 fully saturated rings. The number of esters is 1. The molecule has 0 saturated heterocycles. The fraction of sp³-hybridized carbons (Fsp3) is 0.211. The zero-order chi connectivity index (χ0) is 18.2. The smallest absolute Gasteiger partial charge is 0.328 e. The standard InChI is InChI=1S/C19H17FN2O3/c1-25-19(24)17(10-13-5-7-14(12-21)8-6-13)22-18(23)11-15-3-2-4-16(20)9-15/h2-9,17H,10-11H2,1H3,(H,22,23)/t17-/m1/s1. The Morgan fingerprint density at radius 1 is 1.20 bits per heavy atom. The van der Waals surface area contributed by atoms with Gasteiger partial charge in [0.05, 0.1) is 25.2 Å². The first-order chi connectivity index (χ1) is 12.0. The average molecular weight is 340 g/mol. The first kappa shape index (κ1) is 18.1. The highest BCUT2D eigenvalue weighted by Crippen LogP contribution is 2.09. The van der Waals surface area contributed by atoms with Crippen LogP contribution in [0.5, 0.6) is 0 Å². The number of rotatable bonds is 6. The summed E-state index contributed by atoms with van der Waals surface area (Å²) in [7, 11) is 1.24. The summed E-state index contributed by atoms with van der Waals surface area (Å²) in [5.41, 5.74) is 1.80. The molecule has 0 aliphatic carbocycles. The first-order valence-electron chi connectivity index (χ1n) is 7.62. The normalized spacial score (nSPS) is 11.2. The highest BCUT2D eigenvalue weighted by Gasteiger charge is 2.22. The van der Waals surface area contributed by atoms with Gasteiger partial charge in [0.1, 0.15) is 11.9 Å². The second-order valence-electron chi connectivity index (χ2n) is 5.46. The van der Waals surface area contributed by atoms with Crippen LogP contribution in [0.1, 0.15) is 16.7 Å². The number of hydrogen-bond acceptors (Lipinski definition) is 4. The quantitative estimate of drug-likeness (QED) is 0.817. The molecule has 0 unspecified atom stereocenters. The van der Waals surface area contributed by atoms with Gasteiger partial charge >= 0.3 is 5.97 Å². The molecule has 0 radical (unpaired) electrons. The molecule has 2 rings (SSSR count). The maximum absolute atomic E-state index is 13.2. The highest BCUT2D eigenvalue weighted by atomic mass is 19.1. The minimum absolute atomic E-state index is 0.0430. The van der Waals surface area contributed by atoms with Crippen LogP contribution >= 0.6 is 0 Å². The lowest BCUT2D eigenvalue weighted by atomic mass is 10.0. The van der Waals surface area contributed by atoms with E-state index in [9.17, 15) is 14.0 Å². The molecule has 128 valence electrons. The van der Waals surface area contributed by atoms with E-state index >= 15 is 0 Å². The van der Waals surface area contributed by atoms with E-state index < -0.39 is 23.7 Å². The summed E-state index contributed by atoms with van der Waals surface area (Å²) in [4.78, 5) is 24.1. The van der Waals surface area contributed by atoms with Crippen molar-refractivity contribution in [3.05, 3.63) is 71.0 Å². The van der Waals surface area contributed by atoms with Gasteiger partial charge in [-0.3, -0.25) is 4.79 Å². The summed E-state index contributed by atoms with van der Waals surface area (Å²) in [5.74, 6) is -1.40. The maximum Gasteiger partial charge on any atom is 0.328 e. The van der Waals surface area contributed by atoms with Gasteiger partial charge in [-0.2, -0.15) is 5.26 Å². The molecule has 25 heavy (non-hydrogen) atoms. The maximum atomic E-state index is 13.2. The zero-order valence-corrected chi connectivity index (χ0v) is 13.7. The van der Waals surface area contributed by atoms with Gasteiger partial charge < -0.3 is 10.1 Å². The minimum Gasteiger partial charge on any atom is -0.467 e. The fourth-order valence-electron chi connectivity index (χ4n) is 2.36. The summed E-state index contributed by atoms with van der Waals surface area (Å²) >= 11 is 0. The number of hydrogen-bond donors (Lipinski definition) is 1. The lowest BCUT2D eigenvalue weighted by molar-refractivity contribution is -0.145. The molecule has 2 aromatic rings. The fourth-order valence-corrected chi connectivity index (χ4v) is 2.36. The van der Waals surface area contributed by atoms with Crippen molar-refractivity contribution in [3.8, 4) is 6.07 Å². The predicted molar refractivity (Wildman–Crippen MR) is 88.9 cm³/mol. The summed E-state index contributed by atoms with van der Waals surface area (Å²) < 4.78 is 17.9. The third-order valence-corrected chi connectivity index (χ3v) is 3.60. The van der Waals surface area contributed by atoms with Crippen LogP contribution in [0.15, 0.2) is 48.5 Å². The van der Waals surface area contributed by atoms with Gasteiger partial charge in [-0.05, 0) is 35.4 Å². The Bertz CT molecular complexity index is 797.